The molecule has 0 spiro atoms. The molecule has 3 aromatic rings. The number of carbonyl (C=O) groups is 1. The van der Waals surface area contributed by atoms with Crippen LogP contribution in [0.15, 0.2) is 49.3 Å². The minimum absolute atomic E-state index is 0.0595. The molecule has 148 valence electrons. The molecule has 1 unspecified atom stereocenters. The predicted molar refractivity (Wildman–Crippen MR) is 104 cm³/mol. The molecule has 9 nitrogen and oxygen atoms in total. The molecule has 0 aliphatic rings. The normalized spacial score (nSPS) is 11.6. The Balaban J connectivity index is 0.000000300. The third-order valence-electron chi connectivity index (χ3n) is 3.72. The average Bonchev–Trinajstić information content (AvgIpc) is 3.20. The first-order chi connectivity index (χ1) is 13.5. The Morgan fingerprint density at radius 2 is 1.86 bits per heavy atom. The van der Waals surface area contributed by atoms with Crippen molar-refractivity contribution in [3.63, 3.8) is 0 Å². The van der Waals surface area contributed by atoms with Gasteiger partial charge in [0.05, 0.1) is 24.3 Å². The van der Waals surface area contributed by atoms with Crippen molar-refractivity contribution in [1.29, 1.82) is 0 Å². The predicted octanol–water partition coefficient (Wildman–Crippen LogP) is 2.05. The number of rotatable bonds is 6. The summed E-state index contributed by atoms with van der Waals surface area (Å²) >= 11 is -2.02. The summed E-state index contributed by atoms with van der Waals surface area (Å²) < 4.78 is 23.2. The Bertz CT molecular complexity index is 928. The molecule has 0 N–H and O–H groups in total. The zero-order valence-electron chi connectivity index (χ0n) is 15.8. The molecule has 3 heterocycles. The van der Waals surface area contributed by atoms with Gasteiger partial charge in [0.15, 0.2) is 5.78 Å². The lowest BCUT2D eigenvalue weighted by atomic mass is 10.2. The minimum Gasteiger partial charge on any atom is -0.760 e. The molecule has 0 amide bonds. The summed E-state index contributed by atoms with van der Waals surface area (Å²) in [5.74, 6) is -0.0595. The number of aromatic nitrogens is 5. The maximum atomic E-state index is 11.4. The van der Waals surface area contributed by atoms with Crippen LogP contribution in [0.5, 0.6) is 0 Å². The molecule has 1 atom stereocenters. The zero-order valence-corrected chi connectivity index (χ0v) is 16.7. The SMILES string of the molecule is CC(=O)c1cccc(-c2cnn(-c3cncnc3)c2)n1.CCN(CC)S(=O)[O-]. The van der Waals surface area contributed by atoms with Gasteiger partial charge in [0.2, 0.25) is 0 Å². The van der Waals surface area contributed by atoms with E-state index in [1.54, 1.807) is 43.2 Å². The molecule has 3 aromatic heterocycles. The van der Waals surface area contributed by atoms with Crippen molar-refractivity contribution in [1.82, 2.24) is 29.0 Å². The van der Waals surface area contributed by atoms with Crippen LogP contribution in [0.1, 0.15) is 31.3 Å². The van der Waals surface area contributed by atoms with Crippen molar-refractivity contribution in [2.45, 2.75) is 20.8 Å². The van der Waals surface area contributed by atoms with Crippen LogP contribution in [-0.2, 0) is 11.3 Å². The van der Waals surface area contributed by atoms with Gasteiger partial charge < -0.3 is 4.55 Å². The van der Waals surface area contributed by atoms with Crippen LogP contribution >= 0.6 is 0 Å². The highest BCUT2D eigenvalue weighted by molar-refractivity contribution is 7.76. The number of pyridine rings is 1. The van der Waals surface area contributed by atoms with Crippen LogP contribution in [0.3, 0.4) is 0 Å². The van der Waals surface area contributed by atoms with E-state index in [2.05, 4.69) is 20.1 Å². The van der Waals surface area contributed by atoms with Crippen LogP contribution in [0, 0.1) is 0 Å². The summed E-state index contributed by atoms with van der Waals surface area (Å²) in [5.41, 5.74) is 2.75. The van der Waals surface area contributed by atoms with E-state index in [0.717, 1.165) is 11.3 Å². The highest BCUT2D eigenvalue weighted by Gasteiger charge is 2.07. The van der Waals surface area contributed by atoms with Gasteiger partial charge in [0.1, 0.15) is 17.7 Å². The molecule has 0 fully saturated rings. The van der Waals surface area contributed by atoms with Crippen LogP contribution in [0.4, 0.5) is 0 Å². The third kappa shape index (κ3) is 5.84. The highest BCUT2D eigenvalue weighted by Crippen LogP contribution is 2.18. The molecular formula is C18H21N6O3S-. The van der Waals surface area contributed by atoms with Gasteiger partial charge in [-0.3, -0.25) is 9.00 Å². The minimum atomic E-state index is -2.02. The highest BCUT2D eigenvalue weighted by atomic mass is 32.2. The molecule has 0 aromatic carbocycles. The molecule has 28 heavy (non-hydrogen) atoms. The molecule has 0 saturated heterocycles. The second-order valence-corrected chi connectivity index (χ2v) is 6.52. The number of hydrogen-bond donors (Lipinski definition) is 0. The fourth-order valence-corrected chi connectivity index (χ4v) is 2.65. The summed E-state index contributed by atoms with van der Waals surface area (Å²) in [7, 11) is 0. The first-order valence-corrected chi connectivity index (χ1v) is 9.62. The lowest BCUT2D eigenvalue weighted by Gasteiger charge is -2.19. The van der Waals surface area contributed by atoms with Gasteiger partial charge in [-0.05, 0) is 12.1 Å². The zero-order chi connectivity index (χ0) is 20.5. The number of nitrogens with zero attached hydrogens (tertiary/aromatic N) is 6. The number of carbonyl (C=O) groups excluding carboxylic acids is 1. The summed E-state index contributed by atoms with van der Waals surface area (Å²) in [6.45, 7) is 6.23. The van der Waals surface area contributed by atoms with Gasteiger partial charge in [0, 0.05) is 43.0 Å². The molecule has 0 saturated carbocycles. The first kappa shape index (κ1) is 21.5. The van der Waals surface area contributed by atoms with E-state index < -0.39 is 11.3 Å². The van der Waals surface area contributed by atoms with Gasteiger partial charge in [-0.1, -0.05) is 19.9 Å². The van der Waals surface area contributed by atoms with Gasteiger partial charge in [0.25, 0.3) is 0 Å². The van der Waals surface area contributed by atoms with Gasteiger partial charge in [-0.15, -0.1) is 0 Å². The van der Waals surface area contributed by atoms with E-state index in [1.165, 1.54) is 17.6 Å². The molecule has 0 radical (unpaired) electrons. The Morgan fingerprint density at radius 3 is 2.39 bits per heavy atom. The Kier molecular flexibility index (Phi) is 8.05. The first-order valence-electron chi connectivity index (χ1n) is 8.59. The molecule has 3 rings (SSSR count). The fraction of sp³-hybridized carbons (Fsp3) is 0.278. The Morgan fingerprint density at radius 1 is 1.18 bits per heavy atom. The van der Waals surface area contributed by atoms with Crippen LogP contribution in [-0.4, -0.2) is 56.7 Å². The Labute approximate surface area is 165 Å². The number of hydrogen-bond acceptors (Lipinski definition) is 7. The van der Waals surface area contributed by atoms with Gasteiger partial charge >= 0.3 is 0 Å². The van der Waals surface area contributed by atoms with Crippen molar-refractivity contribution in [3.8, 4) is 16.9 Å². The lowest BCUT2D eigenvalue weighted by molar-refractivity contribution is 0.101. The van der Waals surface area contributed by atoms with Crippen LogP contribution in [0.2, 0.25) is 0 Å². The maximum absolute atomic E-state index is 11.4. The number of Topliss-reactive ketones (excluding diaryl/α,β-unsaturated/α-hetero) is 1. The average molecular weight is 401 g/mol. The van der Waals surface area contributed by atoms with E-state index in [4.69, 9.17) is 0 Å². The smallest absolute Gasteiger partial charge is 0.178 e. The van der Waals surface area contributed by atoms with Crippen molar-refractivity contribution in [2.75, 3.05) is 13.1 Å². The maximum Gasteiger partial charge on any atom is 0.178 e. The summed E-state index contributed by atoms with van der Waals surface area (Å²) in [6, 6.07) is 5.35. The largest absolute Gasteiger partial charge is 0.760 e. The third-order valence-corrected chi connectivity index (χ3v) is 4.65. The number of ketones is 1. The van der Waals surface area contributed by atoms with Gasteiger partial charge in [-0.2, -0.15) is 5.10 Å². The Hall–Kier alpha value is -2.82. The second-order valence-electron chi connectivity index (χ2n) is 5.57. The summed E-state index contributed by atoms with van der Waals surface area (Å²) in [6.07, 6.45) is 8.32. The van der Waals surface area contributed by atoms with Crippen molar-refractivity contribution in [2.24, 2.45) is 0 Å². The molecule has 0 aliphatic heterocycles. The van der Waals surface area contributed by atoms with E-state index in [1.807, 2.05) is 18.3 Å². The van der Waals surface area contributed by atoms with E-state index in [9.17, 15) is 13.6 Å². The quantitative estimate of drug-likeness (QED) is 0.458. The topological polar surface area (TPSA) is 117 Å². The molecule has 10 heteroatoms. The lowest BCUT2D eigenvalue weighted by Crippen LogP contribution is -2.24. The summed E-state index contributed by atoms with van der Waals surface area (Å²) in [5, 5.41) is 4.25. The standard InChI is InChI=1S/C14H11N5O.C4H11NO2S/c1-10(20)13-3-2-4-14(18-13)11-5-17-19(8-11)12-6-15-9-16-7-12;1-3-5(4-2)8(6)7/h2-9H,1H3;3-4H2,1-2H3,(H,6,7)/p-1. The second kappa shape index (κ2) is 10.5. The van der Waals surface area contributed by atoms with Crippen LogP contribution < -0.4 is 0 Å². The molecule has 0 bridgehead atoms. The van der Waals surface area contributed by atoms with Crippen molar-refractivity contribution >= 4 is 17.0 Å². The molecular weight excluding hydrogens is 380 g/mol. The van der Waals surface area contributed by atoms with E-state index in [0.29, 0.717) is 24.5 Å². The summed E-state index contributed by atoms with van der Waals surface area (Å²) in [4.78, 5) is 23.6. The van der Waals surface area contributed by atoms with E-state index in [-0.39, 0.29) is 5.78 Å². The van der Waals surface area contributed by atoms with Gasteiger partial charge in [-0.25, -0.2) is 23.9 Å². The van der Waals surface area contributed by atoms with Crippen LogP contribution in [0.25, 0.3) is 16.9 Å². The monoisotopic (exact) mass is 401 g/mol. The molecule has 0 aliphatic carbocycles. The van der Waals surface area contributed by atoms with E-state index >= 15 is 0 Å². The van der Waals surface area contributed by atoms with Crippen molar-refractivity contribution < 1.29 is 13.6 Å². The van der Waals surface area contributed by atoms with Crippen molar-refractivity contribution in [3.05, 3.63) is 55.0 Å². The fourth-order valence-electron chi connectivity index (χ4n) is 2.23.